The molecule has 3 aromatic rings. The van der Waals surface area contributed by atoms with E-state index in [1.807, 2.05) is 48.5 Å². The van der Waals surface area contributed by atoms with Crippen molar-refractivity contribution >= 4 is 28.3 Å². The molecule has 0 aromatic heterocycles. The van der Waals surface area contributed by atoms with Crippen LogP contribution in [0.15, 0.2) is 72.8 Å². The maximum Gasteiger partial charge on any atom is 0.344 e. The zero-order chi connectivity index (χ0) is 19.8. The number of hydrogen-bond acceptors (Lipinski definition) is 5. The highest BCUT2D eigenvalue weighted by Crippen LogP contribution is 2.20. The van der Waals surface area contributed by atoms with Crippen LogP contribution in [0.3, 0.4) is 0 Å². The Morgan fingerprint density at radius 3 is 2.36 bits per heavy atom. The maximum atomic E-state index is 12.3. The van der Waals surface area contributed by atoms with Gasteiger partial charge in [0.2, 0.25) is 0 Å². The molecule has 1 amide bonds. The van der Waals surface area contributed by atoms with Gasteiger partial charge in [0.15, 0.2) is 13.2 Å². The summed E-state index contributed by atoms with van der Waals surface area (Å²) >= 11 is 0. The number of esters is 1. The molecule has 0 unspecified atom stereocenters. The van der Waals surface area contributed by atoms with Crippen molar-refractivity contribution in [1.29, 1.82) is 5.26 Å². The highest BCUT2D eigenvalue weighted by atomic mass is 16.6. The zero-order valence-electron chi connectivity index (χ0n) is 15.1. The van der Waals surface area contributed by atoms with Gasteiger partial charge in [-0.2, -0.15) is 5.26 Å². The summed E-state index contributed by atoms with van der Waals surface area (Å²) in [6.07, 6.45) is 0. The standard InChI is InChI=1S/C22H18N2O4/c23-12-13-24(19-8-2-1-3-9-19)21(25)15-28-22(26)16-27-20-11-10-17-6-4-5-7-18(17)14-20/h1-11,14H,13,15-16H2. The van der Waals surface area contributed by atoms with Gasteiger partial charge in [-0.1, -0.05) is 48.5 Å². The topological polar surface area (TPSA) is 79.6 Å². The highest BCUT2D eigenvalue weighted by molar-refractivity contribution is 5.95. The van der Waals surface area contributed by atoms with Crippen molar-refractivity contribution < 1.29 is 19.1 Å². The summed E-state index contributed by atoms with van der Waals surface area (Å²) in [5.41, 5.74) is 0.567. The second-order valence-electron chi connectivity index (χ2n) is 5.93. The van der Waals surface area contributed by atoms with Crippen molar-refractivity contribution in [3.63, 3.8) is 0 Å². The summed E-state index contributed by atoms with van der Waals surface area (Å²) in [6.45, 7) is -0.903. The average Bonchev–Trinajstić information content (AvgIpc) is 2.74. The summed E-state index contributed by atoms with van der Waals surface area (Å²) < 4.78 is 10.4. The van der Waals surface area contributed by atoms with Crippen LogP contribution in [-0.2, 0) is 14.3 Å². The van der Waals surface area contributed by atoms with Gasteiger partial charge in [0.25, 0.3) is 5.91 Å². The molecule has 0 aliphatic rings. The fourth-order valence-electron chi connectivity index (χ4n) is 2.66. The van der Waals surface area contributed by atoms with Crippen molar-refractivity contribution in [2.75, 3.05) is 24.7 Å². The van der Waals surface area contributed by atoms with E-state index in [4.69, 9.17) is 14.7 Å². The van der Waals surface area contributed by atoms with E-state index in [2.05, 4.69) is 0 Å². The Balaban J connectivity index is 1.52. The summed E-state index contributed by atoms with van der Waals surface area (Å²) in [5, 5.41) is 11.0. The summed E-state index contributed by atoms with van der Waals surface area (Å²) in [6, 6.07) is 24.0. The molecule has 0 saturated carbocycles. The molecule has 140 valence electrons. The zero-order valence-corrected chi connectivity index (χ0v) is 15.1. The van der Waals surface area contributed by atoms with Gasteiger partial charge >= 0.3 is 5.97 Å². The molecule has 0 N–H and O–H groups in total. The Morgan fingerprint density at radius 1 is 0.893 bits per heavy atom. The lowest BCUT2D eigenvalue weighted by atomic mass is 10.1. The van der Waals surface area contributed by atoms with Crippen LogP contribution in [0, 0.1) is 11.3 Å². The molecule has 6 nitrogen and oxygen atoms in total. The van der Waals surface area contributed by atoms with Crippen molar-refractivity contribution in [3.05, 3.63) is 72.8 Å². The van der Waals surface area contributed by atoms with Crippen LogP contribution < -0.4 is 9.64 Å². The van der Waals surface area contributed by atoms with E-state index in [-0.39, 0.29) is 13.2 Å². The molecule has 3 rings (SSSR count). The molecule has 0 fully saturated rings. The Labute approximate surface area is 162 Å². The third-order valence-electron chi connectivity index (χ3n) is 4.03. The summed E-state index contributed by atoms with van der Waals surface area (Å²) in [5.74, 6) is -0.601. The van der Waals surface area contributed by atoms with Crippen LogP contribution in [-0.4, -0.2) is 31.6 Å². The lowest BCUT2D eigenvalue weighted by molar-refractivity contribution is -0.149. The number of para-hydroxylation sites is 1. The van der Waals surface area contributed by atoms with Gasteiger partial charge in [-0.05, 0) is 35.0 Å². The van der Waals surface area contributed by atoms with Gasteiger partial charge in [0.05, 0.1) is 6.07 Å². The first kappa shape index (κ1) is 18.9. The average molecular weight is 374 g/mol. The number of carbonyl (C=O) groups excluding carboxylic acids is 2. The molecule has 3 aromatic carbocycles. The minimum Gasteiger partial charge on any atom is -0.482 e. The Bertz CT molecular complexity index is 1010. The van der Waals surface area contributed by atoms with Gasteiger partial charge < -0.3 is 9.47 Å². The monoisotopic (exact) mass is 374 g/mol. The van der Waals surface area contributed by atoms with Crippen LogP contribution in [0.25, 0.3) is 10.8 Å². The summed E-state index contributed by atoms with van der Waals surface area (Å²) in [7, 11) is 0. The molecular formula is C22H18N2O4. The number of anilines is 1. The number of fused-ring (bicyclic) bond motifs is 1. The molecule has 28 heavy (non-hydrogen) atoms. The smallest absolute Gasteiger partial charge is 0.344 e. The van der Waals surface area contributed by atoms with E-state index in [0.717, 1.165) is 10.8 Å². The van der Waals surface area contributed by atoms with E-state index in [1.165, 1.54) is 4.90 Å². The molecule has 0 heterocycles. The Hall–Kier alpha value is -3.85. The number of amides is 1. The number of benzene rings is 3. The quantitative estimate of drug-likeness (QED) is 0.468. The lowest BCUT2D eigenvalue weighted by Crippen LogP contribution is -2.35. The first-order chi connectivity index (χ1) is 13.7. The van der Waals surface area contributed by atoms with Gasteiger partial charge in [-0.3, -0.25) is 9.69 Å². The van der Waals surface area contributed by atoms with Gasteiger partial charge in [-0.15, -0.1) is 0 Å². The number of rotatable bonds is 7. The van der Waals surface area contributed by atoms with E-state index in [9.17, 15) is 9.59 Å². The predicted molar refractivity (Wildman–Crippen MR) is 105 cm³/mol. The fraction of sp³-hybridized carbons (Fsp3) is 0.136. The molecule has 6 heteroatoms. The third-order valence-corrected chi connectivity index (χ3v) is 4.03. The molecule has 0 aliphatic heterocycles. The number of carbonyl (C=O) groups is 2. The van der Waals surface area contributed by atoms with Crippen LogP contribution in [0.2, 0.25) is 0 Å². The van der Waals surface area contributed by atoms with E-state index < -0.39 is 18.5 Å². The maximum absolute atomic E-state index is 12.3. The Kier molecular flexibility index (Phi) is 6.21. The van der Waals surface area contributed by atoms with Crippen LogP contribution in [0.1, 0.15) is 0 Å². The second-order valence-corrected chi connectivity index (χ2v) is 5.93. The molecule has 0 atom stereocenters. The number of hydrogen-bond donors (Lipinski definition) is 0. The number of nitrogens with zero attached hydrogens (tertiary/aromatic N) is 2. The van der Waals surface area contributed by atoms with E-state index in [1.54, 1.807) is 30.3 Å². The third kappa shape index (κ3) is 4.86. The molecule has 0 aliphatic carbocycles. The SMILES string of the molecule is N#CCN(C(=O)COC(=O)COc1ccc2ccccc2c1)c1ccccc1. The molecule has 0 saturated heterocycles. The van der Waals surface area contributed by atoms with Crippen molar-refractivity contribution in [1.82, 2.24) is 0 Å². The second kappa shape index (κ2) is 9.19. The predicted octanol–water partition coefficient (Wildman–Crippen LogP) is 3.32. The minimum atomic E-state index is -0.661. The van der Waals surface area contributed by atoms with E-state index >= 15 is 0 Å². The first-order valence-corrected chi connectivity index (χ1v) is 8.67. The van der Waals surface area contributed by atoms with Crippen molar-refractivity contribution in [3.8, 4) is 11.8 Å². The van der Waals surface area contributed by atoms with Crippen LogP contribution in [0.4, 0.5) is 5.69 Å². The number of nitriles is 1. The van der Waals surface area contributed by atoms with Gasteiger partial charge in [-0.25, -0.2) is 4.79 Å². The first-order valence-electron chi connectivity index (χ1n) is 8.67. The largest absolute Gasteiger partial charge is 0.482 e. The number of ether oxygens (including phenoxy) is 2. The van der Waals surface area contributed by atoms with Crippen molar-refractivity contribution in [2.45, 2.75) is 0 Å². The molecule has 0 spiro atoms. The summed E-state index contributed by atoms with van der Waals surface area (Å²) in [4.78, 5) is 25.5. The highest BCUT2D eigenvalue weighted by Gasteiger charge is 2.17. The normalized spacial score (nSPS) is 10.1. The Morgan fingerprint density at radius 2 is 1.61 bits per heavy atom. The molecular weight excluding hydrogens is 356 g/mol. The molecule has 0 bridgehead atoms. The minimum absolute atomic E-state index is 0.131. The van der Waals surface area contributed by atoms with Gasteiger partial charge in [0, 0.05) is 5.69 Å². The molecule has 0 radical (unpaired) electrons. The van der Waals surface area contributed by atoms with Gasteiger partial charge in [0.1, 0.15) is 12.3 Å². The van der Waals surface area contributed by atoms with Crippen LogP contribution in [0.5, 0.6) is 5.75 Å². The van der Waals surface area contributed by atoms with Crippen molar-refractivity contribution in [2.24, 2.45) is 0 Å². The fourth-order valence-corrected chi connectivity index (χ4v) is 2.66. The van der Waals surface area contributed by atoms with Crippen LogP contribution >= 0.6 is 0 Å². The van der Waals surface area contributed by atoms with E-state index in [0.29, 0.717) is 11.4 Å². The lowest BCUT2D eigenvalue weighted by Gasteiger charge is -2.19.